The SMILES string of the molecule is C=CC[C@H](NC(=O)O)c1cc(-c2cnn(COCC[Si](C)(C)C)c2N)ccn1. The lowest BCUT2D eigenvalue weighted by Gasteiger charge is -2.16. The van der Waals surface area contributed by atoms with E-state index in [2.05, 4.69) is 41.6 Å². The maximum Gasteiger partial charge on any atom is 0.405 e. The molecule has 4 N–H and O–H groups in total. The monoisotopic (exact) mass is 403 g/mol. The molecule has 0 aromatic carbocycles. The third-order valence-electron chi connectivity index (χ3n) is 4.24. The van der Waals surface area contributed by atoms with Crippen LogP contribution in [0.5, 0.6) is 0 Å². The highest BCUT2D eigenvalue weighted by Gasteiger charge is 2.17. The van der Waals surface area contributed by atoms with Gasteiger partial charge in [-0.15, -0.1) is 6.58 Å². The van der Waals surface area contributed by atoms with Crippen molar-refractivity contribution in [1.29, 1.82) is 0 Å². The zero-order chi connectivity index (χ0) is 20.7. The van der Waals surface area contributed by atoms with E-state index in [0.29, 0.717) is 31.3 Å². The van der Waals surface area contributed by atoms with E-state index in [4.69, 9.17) is 15.6 Å². The van der Waals surface area contributed by atoms with Gasteiger partial charge >= 0.3 is 6.09 Å². The van der Waals surface area contributed by atoms with Gasteiger partial charge in [0.2, 0.25) is 0 Å². The van der Waals surface area contributed by atoms with E-state index in [9.17, 15) is 4.79 Å². The van der Waals surface area contributed by atoms with Gasteiger partial charge in [-0.1, -0.05) is 25.7 Å². The van der Waals surface area contributed by atoms with Gasteiger partial charge in [-0.3, -0.25) is 4.98 Å². The average Bonchev–Trinajstić information content (AvgIpc) is 2.98. The largest absolute Gasteiger partial charge is 0.465 e. The molecule has 8 nitrogen and oxygen atoms in total. The lowest BCUT2D eigenvalue weighted by molar-refractivity contribution is 0.0802. The third kappa shape index (κ3) is 6.21. The topological polar surface area (TPSA) is 115 Å². The number of hydrogen-bond acceptors (Lipinski definition) is 5. The molecule has 0 spiro atoms. The predicted octanol–water partition coefficient (Wildman–Crippen LogP) is 3.72. The molecule has 0 unspecified atom stereocenters. The van der Waals surface area contributed by atoms with Gasteiger partial charge in [0.1, 0.15) is 12.5 Å². The second-order valence-electron chi connectivity index (χ2n) is 7.79. The number of nitrogens with zero attached hydrogens (tertiary/aromatic N) is 3. The summed E-state index contributed by atoms with van der Waals surface area (Å²) >= 11 is 0. The number of carbonyl (C=O) groups is 1. The molecule has 0 aliphatic rings. The average molecular weight is 404 g/mol. The van der Waals surface area contributed by atoms with Gasteiger partial charge in [0.25, 0.3) is 0 Å². The van der Waals surface area contributed by atoms with Crippen molar-refractivity contribution in [1.82, 2.24) is 20.1 Å². The number of anilines is 1. The number of amides is 1. The van der Waals surface area contributed by atoms with Crippen molar-refractivity contribution >= 4 is 20.0 Å². The number of hydrogen-bond donors (Lipinski definition) is 3. The quantitative estimate of drug-likeness (QED) is 0.316. The van der Waals surface area contributed by atoms with Crippen LogP contribution >= 0.6 is 0 Å². The number of aromatic nitrogens is 3. The molecule has 9 heteroatoms. The van der Waals surface area contributed by atoms with Gasteiger partial charge in [0, 0.05) is 26.4 Å². The van der Waals surface area contributed by atoms with E-state index in [1.807, 2.05) is 12.1 Å². The number of nitrogens with two attached hydrogens (primary N) is 1. The number of nitrogens with one attached hydrogen (secondary N) is 1. The summed E-state index contributed by atoms with van der Waals surface area (Å²) in [5.74, 6) is 0.497. The Balaban J connectivity index is 2.14. The fraction of sp³-hybridized carbons (Fsp3) is 0.421. The number of ether oxygens (including phenoxy) is 1. The molecule has 0 aliphatic heterocycles. The standard InChI is InChI=1S/C19H29N5O3Si/c1-5-6-16(23-19(25)26)17-11-14(7-8-21-17)15-12-22-24(18(15)20)13-27-9-10-28(2,3)4/h5,7-8,11-12,16,23H,1,6,9-10,13,20H2,2-4H3,(H,25,26)/t16-/m0/s1. The van der Waals surface area contributed by atoms with Crippen molar-refractivity contribution in [3.8, 4) is 11.1 Å². The predicted molar refractivity (Wildman–Crippen MR) is 113 cm³/mol. The van der Waals surface area contributed by atoms with Crippen LogP contribution < -0.4 is 11.1 Å². The minimum absolute atomic E-state index is 0.300. The molecule has 2 rings (SSSR count). The number of rotatable bonds is 10. The second kappa shape index (κ2) is 9.51. The summed E-state index contributed by atoms with van der Waals surface area (Å²) in [5, 5.41) is 15.8. The van der Waals surface area contributed by atoms with E-state index < -0.39 is 20.2 Å². The first-order chi connectivity index (χ1) is 13.2. The summed E-state index contributed by atoms with van der Waals surface area (Å²) < 4.78 is 7.34. The van der Waals surface area contributed by atoms with Gasteiger partial charge in [-0.05, 0) is 30.2 Å². The van der Waals surface area contributed by atoms with E-state index >= 15 is 0 Å². The van der Waals surface area contributed by atoms with Crippen LogP contribution in [0.1, 0.15) is 18.2 Å². The summed E-state index contributed by atoms with van der Waals surface area (Å²) in [6.45, 7) is 11.6. The van der Waals surface area contributed by atoms with Crippen molar-refractivity contribution in [2.75, 3.05) is 12.3 Å². The second-order valence-corrected chi connectivity index (χ2v) is 13.4. The number of carboxylic acid groups (broad SMARTS) is 1. The highest BCUT2D eigenvalue weighted by molar-refractivity contribution is 6.76. The summed E-state index contributed by atoms with van der Waals surface area (Å²) in [7, 11) is -1.14. The van der Waals surface area contributed by atoms with E-state index in [0.717, 1.165) is 17.2 Å². The first-order valence-electron chi connectivity index (χ1n) is 9.17. The van der Waals surface area contributed by atoms with Crippen LogP contribution in [-0.4, -0.2) is 40.6 Å². The lowest BCUT2D eigenvalue weighted by Crippen LogP contribution is -2.27. The molecule has 1 amide bonds. The zero-order valence-corrected chi connectivity index (χ0v) is 17.7. The fourth-order valence-corrected chi connectivity index (χ4v) is 3.38. The van der Waals surface area contributed by atoms with Crippen molar-refractivity contribution in [2.45, 2.75) is 44.9 Å². The smallest absolute Gasteiger partial charge is 0.405 e. The molecule has 0 aliphatic carbocycles. The van der Waals surface area contributed by atoms with E-state index in [1.54, 1.807) is 23.2 Å². The minimum Gasteiger partial charge on any atom is -0.465 e. The molecule has 0 bridgehead atoms. The maximum atomic E-state index is 11.0. The van der Waals surface area contributed by atoms with Crippen molar-refractivity contribution < 1.29 is 14.6 Å². The number of pyridine rings is 1. The highest BCUT2D eigenvalue weighted by Crippen LogP contribution is 2.28. The molecule has 2 aromatic rings. The molecule has 0 fully saturated rings. The third-order valence-corrected chi connectivity index (χ3v) is 5.94. The summed E-state index contributed by atoms with van der Waals surface area (Å²) in [6, 6.07) is 4.24. The van der Waals surface area contributed by atoms with Crippen molar-refractivity contribution in [2.24, 2.45) is 0 Å². The summed E-state index contributed by atoms with van der Waals surface area (Å²) in [4.78, 5) is 15.3. The van der Waals surface area contributed by atoms with E-state index in [1.165, 1.54) is 0 Å². The molecule has 2 aromatic heterocycles. The Morgan fingerprint density at radius 1 is 1.50 bits per heavy atom. The molecule has 152 valence electrons. The molecule has 28 heavy (non-hydrogen) atoms. The Labute approximate surface area is 166 Å². The Morgan fingerprint density at radius 3 is 2.89 bits per heavy atom. The molecular weight excluding hydrogens is 374 g/mol. The molecule has 0 radical (unpaired) electrons. The van der Waals surface area contributed by atoms with Gasteiger partial charge in [-0.25, -0.2) is 9.48 Å². The van der Waals surface area contributed by atoms with Crippen LogP contribution in [0.4, 0.5) is 10.6 Å². The molecular formula is C19H29N5O3Si. The molecule has 0 saturated heterocycles. The minimum atomic E-state index is -1.14. The molecule has 2 heterocycles. The van der Waals surface area contributed by atoms with Crippen LogP contribution in [0.3, 0.4) is 0 Å². The first-order valence-corrected chi connectivity index (χ1v) is 12.9. The van der Waals surface area contributed by atoms with Gasteiger partial charge in [-0.2, -0.15) is 5.10 Å². The summed E-state index contributed by atoms with van der Waals surface area (Å²) in [6.07, 6.45) is 4.29. The lowest BCUT2D eigenvalue weighted by atomic mass is 10.0. The number of nitrogen functional groups attached to an aromatic ring is 1. The van der Waals surface area contributed by atoms with Crippen molar-refractivity contribution in [3.63, 3.8) is 0 Å². The van der Waals surface area contributed by atoms with Gasteiger partial charge in [0.15, 0.2) is 0 Å². The highest BCUT2D eigenvalue weighted by atomic mass is 28.3. The summed E-state index contributed by atoms with van der Waals surface area (Å²) in [5.41, 5.74) is 8.42. The van der Waals surface area contributed by atoms with Crippen LogP contribution in [0.15, 0.2) is 37.2 Å². The Hall–Kier alpha value is -2.65. The Kier molecular flexibility index (Phi) is 7.36. The van der Waals surface area contributed by atoms with Gasteiger partial charge in [0.05, 0.1) is 17.9 Å². The van der Waals surface area contributed by atoms with Crippen LogP contribution in [0.25, 0.3) is 11.1 Å². The molecule has 0 saturated carbocycles. The maximum absolute atomic E-state index is 11.0. The fourth-order valence-electron chi connectivity index (χ4n) is 2.63. The van der Waals surface area contributed by atoms with E-state index in [-0.39, 0.29) is 0 Å². The van der Waals surface area contributed by atoms with Crippen LogP contribution in [-0.2, 0) is 11.5 Å². The molecule has 1 atom stereocenters. The Morgan fingerprint density at radius 2 is 2.25 bits per heavy atom. The van der Waals surface area contributed by atoms with Crippen molar-refractivity contribution in [3.05, 3.63) is 42.9 Å². The normalized spacial score (nSPS) is 12.5. The Bertz CT molecular complexity index is 816. The van der Waals surface area contributed by atoms with Crippen LogP contribution in [0, 0.1) is 0 Å². The van der Waals surface area contributed by atoms with Gasteiger partial charge < -0.3 is 20.9 Å². The zero-order valence-electron chi connectivity index (χ0n) is 16.7. The van der Waals surface area contributed by atoms with Crippen LogP contribution in [0.2, 0.25) is 25.7 Å². The first kappa shape index (κ1) is 21.6.